The van der Waals surface area contributed by atoms with Gasteiger partial charge in [-0.2, -0.15) is 0 Å². The fraction of sp³-hybridized carbons (Fsp3) is 1.00. The molecule has 0 amide bonds. The number of nitrogens with one attached hydrogen (secondary N) is 1. The van der Waals surface area contributed by atoms with Gasteiger partial charge in [-0.3, -0.25) is 0 Å². The van der Waals surface area contributed by atoms with Crippen LogP contribution in [0.3, 0.4) is 0 Å². The lowest BCUT2D eigenvalue weighted by molar-refractivity contribution is -0.139. The van der Waals surface area contributed by atoms with Gasteiger partial charge in [-0.15, -0.1) is 0 Å². The van der Waals surface area contributed by atoms with Crippen molar-refractivity contribution in [2.45, 2.75) is 39.2 Å². The molecule has 0 aromatic carbocycles. The SMILES string of the molecule is CC(C)(C)C(F)(F)C1CCN1. The Balaban J connectivity index is 2.64. The fourth-order valence-corrected chi connectivity index (χ4v) is 1.12. The maximum absolute atomic E-state index is 13.3. The third kappa shape index (κ3) is 1.39. The summed E-state index contributed by atoms with van der Waals surface area (Å²) in [5.74, 6) is -2.58. The number of rotatable bonds is 1. The first-order valence-corrected chi connectivity index (χ1v) is 3.97. The van der Waals surface area contributed by atoms with Crippen LogP contribution in [0.2, 0.25) is 0 Å². The molecule has 0 spiro atoms. The molecule has 0 saturated carbocycles. The lowest BCUT2D eigenvalue weighted by Crippen LogP contribution is -2.59. The van der Waals surface area contributed by atoms with Gasteiger partial charge in [0, 0.05) is 5.41 Å². The van der Waals surface area contributed by atoms with Gasteiger partial charge in [-0.25, -0.2) is 8.78 Å². The highest BCUT2D eigenvalue weighted by atomic mass is 19.3. The Hall–Kier alpha value is -0.180. The highest BCUT2D eigenvalue weighted by Crippen LogP contribution is 2.40. The van der Waals surface area contributed by atoms with Crippen molar-refractivity contribution in [3.8, 4) is 0 Å². The summed E-state index contributed by atoms with van der Waals surface area (Å²) in [5.41, 5.74) is -0.926. The van der Waals surface area contributed by atoms with E-state index in [-0.39, 0.29) is 0 Å². The topological polar surface area (TPSA) is 12.0 Å². The minimum Gasteiger partial charge on any atom is -0.309 e. The van der Waals surface area contributed by atoms with Crippen molar-refractivity contribution in [3.63, 3.8) is 0 Å². The second-order valence-corrected chi connectivity index (χ2v) is 4.17. The van der Waals surface area contributed by atoms with Gasteiger partial charge in [0.05, 0.1) is 6.04 Å². The summed E-state index contributed by atoms with van der Waals surface area (Å²) in [6, 6.07) is -0.595. The van der Waals surface area contributed by atoms with Crippen LogP contribution in [-0.4, -0.2) is 18.5 Å². The van der Waals surface area contributed by atoms with Crippen molar-refractivity contribution in [1.29, 1.82) is 0 Å². The van der Waals surface area contributed by atoms with E-state index in [1.54, 1.807) is 20.8 Å². The number of hydrogen-bond donors (Lipinski definition) is 1. The molecule has 1 nitrogen and oxygen atoms in total. The zero-order chi connectivity index (χ0) is 8.70. The van der Waals surface area contributed by atoms with Crippen LogP contribution in [0.5, 0.6) is 0 Å². The highest BCUT2D eigenvalue weighted by Gasteiger charge is 2.51. The molecule has 1 aliphatic rings. The quantitative estimate of drug-likeness (QED) is 0.623. The molecule has 0 bridgehead atoms. The molecule has 3 heteroatoms. The maximum Gasteiger partial charge on any atom is 0.267 e. The molecule has 0 aromatic heterocycles. The fourth-order valence-electron chi connectivity index (χ4n) is 1.12. The Labute approximate surface area is 66.2 Å². The Morgan fingerprint density at radius 1 is 1.27 bits per heavy atom. The summed E-state index contributed by atoms with van der Waals surface area (Å²) in [5, 5.41) is 2.74. The van der Waals surface area contributed by atoms with Crippen molar-refractivity contribution in [2.24, 2.45) is 5.41 Å². The summed E-state index contributed by atoms with van der Waals surface area (Å²) < 4.78 is 26.6. The zero-order valence-corrected chi connectivity index (χ0v) is 7.25. The monoisotopic (exact) mass is 163 g/mol. The molecule has 1 aliphatic heterocycles. The van der Waals surface area contributed by atoms with Gasteiger partial charge >= 0.3 is 0 Å². The molecule has 1 unspecified atom stereocenters. The van der Waals surface area contributed by atoms with E-state index in [4.69, 9.17) is 0 Å². The standard InChI is InChI=1S/C8H15F2N/c1-7(2,3)8(9,10)6-4-5-11-6/h6,11H,4-5H2,1-3H3. The van der Waals surface area contributed by atoms with Crippen LogP contribution in [0.15, 0.2) is 0 Å². The van der Waals surface area contributed by atoms with Crippen LogP contribution >= 0.6 is 0 Å². The summed E-state index contributed by atoms with van der Waals surface area (Å²) in [4.78, 5) is 0. The average Bonchev–Trinajstić information content (AvgIpc) is 1.53. The normalized spacial score (nSPS) is 26.5. The van der Waals surface area contributed by atoms with Gasteiger partial charge in [0.1, 0.15) is 0 Å². The van der Waals surface area contributed by atoms with Crippen LogP contribution in [0.4, 0.5) is 8.78 Å². The van der Waals surface area contributed by atoms with Gasteiger partial charge in [0.25, 0.3) is 5.92 Å². The molecular formula is C8H15F2N. The second-order valence-electron chi connectivity index (χ2n) is 4.17. The number of halogens is 2. The van der Waals surface area contributed by atoms with Crippen molar-refractivity contribution < 1.29 is 8.78 Å². The Morgan fingerprint density at radius 2 is 1.73 bits per heavy atom. The predicted molar refractivity (Wildman–Crippen MR) is 40.8 cm³/mol. The summed E-state index contributed by atoms with van der Waals surface area (Å²) in [7, 11) is 0. The minimum absolute atomic E-state index is 0.595. The third-order valence-corrected chi connectivity index (χ3v) is 2.26. The molecule has 0 radical (unpaired) electrons. The molecule has 11 heavy (non-hydrogen) atoms. The second kappa shape index (κ2) is 2.41. The largest absolute Gasteiger partial charge is 0.309 e. The van der Waals surface area contributed by atoms with Crippen LogP contribution < -0.4 is 5.32 Å². The Morgan fingerprint density at radius 3 is 1.82 bits per heavy atom. The van der Waals surface area contributed by atoms with Crippen molar-refractivity contribution in [1.82, 2.24) is 5.32 Å². The van der Waals surface area contributed by atoms with Gasteiger partial charge < -0.3 is 5.32 Å². The molecule has 1 heterocycles. The van der Waals surface area contributed by atoms with Crippen LogP contribution in [0, 0.1) is 5.41 Å². The van der Waals surface area contributed by atoms with E-state index < -0.39 is 17.4 Å². The maximum atomic E-state index is 13.3. The molecule has 1 N–H and O–H groups in total. The molecule has 0 aliphatic carbocycles. The van der Waals surface area contributed by atoms with E-state index in [1.807, 2.05) is 0 Å². The van der Waals surface area contributed by atoms with Crippen LogP contribution in [-0.2, 0) is 0 Å². The first-order chi connectivity index (χ1) is 4.86. The van der Waals surface area contributed by atoms with E-state index in [1.165, 1.54) is 0 Å². The van der Waals surface area contributed by atoms with Gasteiger partial charge in [-0.1, -0.05) is 20.8 Å². The lowest BCUT2D eigenvalue weighted by Gasteiger charge is -2.42. The number of alkyl halides is 2. The van der Waals surface area contributed by atoms with E-state index in [0.717, 1.165) is 6.54 Å². The van der Waals surface area contributed by atoms with E-state index in [9.17, 15) is 8.78 Å². The first kappa shape index (κ1) is 8.91. The average molecular weight is 163 g/mol. The van der Waals surface area contributed by atoms with E-state index in [2.05, 4.69) is 5.32 Å². The van der Waals surface area contributed by atoms with Crippen LogP contribution in [0.1, 0.15) is 27.2 Å². The van der Waals surface area contributed by atoms with Crippen LogP contribution in [0.25, 0.3) is 0 Å². The summed E-state index contributed by atoms with van der Waals surface area (Å²) >= 11 is 0. The summed E-state index contributed by atoms with van der Waals surface area (Å²) in [6.45, 7) is 5.46. The Kier molecular flexibility index (Phi) is 1.95. The van der Waals surface area contributed by atoms with Gasteiger partial charge in [0.2, 0.25) is 0 Å². The molecular weight excluding hydrogens is 148 g/mol. The van der Waals surface area contributed by atoms with Gasteiger partial charge in [-0.05, 0) is 13.0 Å². The lowest BCUT2D eigenvalue weighted by atomic mass is 9.80. The smallest absolute Gasteiger partial charge is 0.267 e. The minimum atomic E-state index is -2.58. The Bertz CT molecular complexity index is 145. The molecule has 1 rings (SSSR count). The molecule has 1 atom stereocenters. The first-order valence-electron chi connectivity index (χ1n) is 3.97. The summed E-state index contributed by atoms with van der Waals surface area (Å²) in [6.07, 6.45) is 0.601. The van der Waals surface area contributed by atoms with Crippen molar-refractivity contribution >= 4 is 0 Å². The zero-order valence-electron chi connectivity index (χ0n) is 7.25. The molecule has 1 fully saturated rings. The molecule has 0 aromatic rings. The highest BCUT2D eigenvalue weighted by molar-refractivity contribution is 4.97. The molecule has 66 valence electrons. The predicted octanol–water partition coefficient (Wildman–Crippen LogP) is 2.03. The van der Waals surface area contributed by atoms with Crippen molar-refractivity contribution in [2.75, 3.05) is 6.54 Å². The number of hydrogen-bond acceptors (Lipinski definition) is 1. The van der Waals surface area contributed by atoms with Gasteiger partial charge in [0.15, 0.2) is 0 Å². The molecule has 1 saturated heterocycles. The third-order valence-electron chi connectivity index (χ3n) is 2.26. The van der Waals surface area contributed by atoms with E-state index >= 15 is 0 Å². The van der Waals surface area contributed by atoms with E-state index in [0.29, 0.717) is 6.42 Å². The van der Waals surface area contributed by atoms with Crippen molar-refractivity contribution in [3.05, 3.63) is 0 Å².